The molecule has 2 fully saturated rings. The number of carbonyl (C=O) groups is 4. The van der Waals surface area contributed by atoms with Crippen LogP contribution in [0.25, 0.3) is 0 Å². The maximum atomic E-state index is 13.5. The van der Waals surface area contributed by atoms with Crippen molar-refractivity contribution in [2.45, 2.75) is 96.9 Å². The van der Waals surface area contributed by atoms with Crippen LogP contribution in [0, 0.1) is 11.8 Å². The van der Waals surface area contributed by atoms with Crippen LogP contribution < -0.4 is 16.0 Å². The summed E-state index contributed by atoms with van der Waals surface area (Å²) in [5, 5.41) is 8.20. The van der Waals surface area contributed by atoms with Crippen molar-refractivity contribution >= 4 is 23.9 Å². The van der Waals surface area contributed by atoms with E-state index in [1.165, 1.54) is 7.11 Å². The molecule has 0 aromatic heterocycles. The first-order chi connectivity index (χ1) is 19.1. The summed E-state index contributed by atoms with van der Waals surface area (Å²) in [6.07, 6.45) is -2.98. The van der Waals surface area contributed by atoms with Crippen LogP contribution in [0.2, 0.25) is 0 Å². The second-order valence-corrected chi connectivity index (χ2v) is 12.1. The molecule has 228 valence electrons. The first kappa shape index (κ1) is 32.3. The van der Waals surface area contributed by atoms with Gasteiger partial charge in [-0.05, 0) is 46.1 Å². The number of fused-ring (bicyclic) bond motifs is 1. The molecule has 1 aromatic carbocycles. The Balaban J connectivity index is 1.76. The number of carbonyl (C=O) groups excluding carboxylic acids is 4. The van der Waals surface area contributed by atoms with Crippen LogP contribution in [0.3, 0.4) is 0 Å². The van der Waals surface area contributed by atoms with Crippen molar-refractivity contribution in [2.75, 3.05) is 13.7 Å². The Bertz CT molecular complexity index is 1090. The molecule has 6 atom stereocenters. The zero-order valence-electron chi connectivity index (χ0n) is 25.0. The van der Waals surface area contributed by atoms with Crippen LogP contribution in [0.1, 0.15) is 54.0 Å². The molecular weight excluding hydrogens is 534 g/mol. The van der Waals surface area contributed by atoms with Gasteiger partial charge in [-0.15, -0.1) is 0 Å². The third-order valence-electron chi connectivity index (χ3n) is 6.64. The summed E-state index contributed by atoms with van der Waals surface area (Å²) in [6, 6.07) is 7.39. The third-order valence-corrected chi connectivity index (χ3v) is 6.64. The molecule has 41 heavy (non-hydrogen) atoms. The Morgan fingerprint density at radius 2 is 1.68 bits per heavy atom. The van der Waals surface area contributed by atoms with Gasteiger partial charge in [-0.3, -0.25) is 9.59 Å². The van der Waals surface area contributed by atoms with Gasteiger partial charge in [-0.2, -0.15) is 0 Å². The molecule has 0 spiro atoms. The van der Waals surface area contributed by atoms with Crippen molar-refractivity contribution in [3.8, 4) is 0 Å². The number of ether oxygens (including phenoxy) is 5. The number of methoxy groups -OCH3 is 1. The molecule has 2 heterocycles. The molecule has 0 unspecified atom stereocenters. The molecule has 3 N–H and O–H groups in total. The van der Waals surface area contributed by atoms with Gasteiger partial charge in [0.15, 0.2) is 12.1 Å². The highest BCUT2D eigenvalue weighted by atomic mass is 16.8. The van der Waals surface area contributed by atoms with Crippen LogP contribution in [-0.4, -0.2) is 79.5 Å². The number of rotatable bonds is 10. The molecule has 0 aliphatic carbocycles. The van der Waals surface area contributed by atoms with Crippen LogP contribution >= 0.6 is 0 Å². The number of esters is 1. The summed E-state index contributed by atoms with van der Waals surface area (Å²) in [7, 11) is 1.25. The highest BCUT2D eigenvalue weighted by Gasteiger charge is 2.57. The van der Waals surface area contributed by atoms with Crippen molar-refractivity contribution in [2.24, 2.45) is 11.8 Å². The SMILES string of the molecule is COC(=O)[C@@H](NC(=O)[C@H]1[C@H]2OC(C)(C)O[C@H]2O[C@@H]1CNC(=O)[C@H](Cc1ccccc1)NC(=O)OC(C)(C)C)C(C)C. The fourth-order valence-electron chi connectivity index (χ4n) is 4.77. The maximum Gasteiger partial charge on any atom is 0.408 e. The predicted octanol–water partition coefficient (Wildman–Crippen LogP) is 2.05. The number of alkyl carbamates (subject to hydrolysis) is 1. The largest absolute Gasteiger partial charge is 0.467 e. The van der Waals surface area contributed by atoms with Crippen molar-refractivity contribution in [3.05, 3.63) is 35.9 Å². The number of hydrogen-bond acceptors (Lipinski definition) is 9. The van der Waals surface area contributed by atoms with E-state index in [0.717, 1.165) is 5.56 Å². The van der Waals surface area contributed by atoms with Crippen molar-refractivity contribution in [1.29, 1.82) is 0 Å². The van der Waals surface area contributed by atoms with E-state index in [2.05, 4.69) is 16.0 Å². The van der Waals surface area contributed by atoms with E-state index in [9.17, 15) is 19.2 Å². The lowest BCUT2D eigenvalue weighted by atomic mass is 9.95. The van der Waals surface area contributed by atoms with Gasteiger partial charge in [0, 0.05) is 13.0 Å². The molecule has 2 saturated heterocycles. The number of hydrogen-bond donors (Lipinski definition) is 3. The molecule has 1 aromatic rings. The summed E-state index contributed by atoms with van der Waals surface area (Å²) in [5.74, 6) is -3.68. The Hall–Kier alpha value is -3.22. The zero-order chi connectivity index (χ0) is 30.5. The molecule has 3 rings (SSSR count). The monoisotopic (exact) mass is 577 g/mol. The second-order valence-electron chi connectivity index (χ2n) is 12.1. The second kappa shape index (κ2) is 13.2. The van der Waals surface area contributed by atoms with Crippen LogP contribution in [0.4, 0.5) is 4.79 Å². The average Bonchev–Trinajstić information content (AvgIpc) is 3.34. The van der Waals surface area contributed by atoms with Gasteiger partial charge in [0.25, 0.3) is 0 Å². The highest BCUT2D eigenvalue weighted by molar-refractivity contribution is 5.88. The average molecular weight is 578 g/mol. The Kier molecular flexibility index (Phi) is 10.4. The summed E-state index contributed by atoms with van der Waals surface area (Å²) in [5.41, 5.74) is 0.0823. The lowest BCUT2D eigenvalue weighted by molar-refractivity contribution is -0.209. The fourth-order valence-corrected chi connectivity index (χ4v) is 4.77. The van der Waals surface area contributed by atoms with E-state index in [1.807, 2.05) is 30.3 Å². The van der Waals surface area contributed by atoms with Gasteiger partial charge in [-0.25, -0.2) is 9.59 Å². The topological polar surface area (TPSA) is 151 Å². The summed E-state index contributed by atoms with van der Waals surface area (Å²) < 4.78 is 28.1. The van der Waals surface area contributed by atoms with Gasteiger partial charge in [-0.1, -0.05) is 44.2 Å². The molecule has 0 saturated carbocycles. The molecule has 0 radical (unpaired) electrons. The highest BCUT2D eigenvalue weighted by Crippen LogP contribution is 2.40. The maximum absolute atomic E-state index is 13.5. The Morgan fingerprint density at radius 1 is 1.02 bits per heavy atom. The standard InChI is InChI=1S/C29H43N3O9/c1-16(2)21(25(35)37-8)32-24(34)20-19(38-26-22(20)39-29(6,7)40-26)15-30-23(33)18(14-17-12-10-9-11-13-17)31-27(36)41-28(3,4)5/h9-13,16,18-22,26H,14-15H2,1-8H3,(H,30,33)(H,31,36)(H,32,34)/t18-,19+,20+,21-,22+,26+/m0/s1. The van der Waals surface area contributed by atoms with E-state index >= 15 is 0 Å². The molecule has 2 aliphatic heterocycles. The molecule has 3 amide bonds. The Labute approximate surface area is 241 Å². The van der Waals surface area contributed by atoms with Crippen LogP contribution in [0.15, 0.2) is 30.3 Å². The van der Waals surface area contributed by atoms with Gasteiger partial charge in [0.05, 0.1) is 19.1 Å². The molecule has 12 nitrogen and oxygen atoms in total. The molecule has 12 heteroatoms. The normalized spacial score (nSPS) is 24.6. The minimum atomic E-state index is -0.986. The molecular formula is C29H43N3O9. The minimum absolute atomic E-state index is 0.0804. The molecule has 0 bridgehead atoms. The van der Waals surface area contributed by atoms with Crippen molar-refractivity contribution < 1.29 is 42.9 Å². The van der Waals surface area contributed by atoms with Gasteiger partial charge in [0.2, 0.25) is 11.8 Å². The number of benzene rings is 1. The van der Waals surface area contributed by atoms with Crippen LogP contribution in [-0.2, 0) is 44.5 Å². The molecule has 2 aliphatic rings. The lowest BCUT2D eigenvalue weighted by Gasteiger charge is -2.28. The first-order valence-electron chi connectivity index (χ1n) is 13.8. The van der Waals surface area contributed by atoms with E-state index in [0.29, 0.717) is 0 Å². The van der Waals surface area contributed by atoms with Gasteiger partial charge >= 0.3 is 12.1 Å². The number of amides is 3. The van der Waals surface area contributed by atoms with Crippen molar-refractivity contribution in [3.63, 3.8) is 0 Å². The lowest BCUT2D eigenvalue weighted by Crippen LogP contribution is -2.54. The van der Waals surface area contributed by atoms with Gasteiger partial charge < -0.3 is 39.6 Å². The van der Waals surface area contributed by atoms with E-state index in [1.54, 1.807) is 48.5 Å². The predicted molar refractivity (Wildman–Crippen MR) is 147 cm³/mol. The first-order valence-corrected chi connectivity index (χ1v) is 13.8. The minimum Gasteiger partial charge on any atom is -0.467 e. The van der Waals surface area contributed by atoms with E-state index < -0.39 is 71.8 Å². The summed E-state index contributed by atoms with van der Waals surface area (Å²) in [4.78, 5) is 51.7. The quantitative estimate of drug-likeness (QED) is 0.355. The van der Waals surface area contributed by atoms with E-state index in [4.69, 9.17) is 23.7 Å². The fraction of sp³-hybridized carbons (Fsp3) is 0.655. The van der Waals surface area contributed by atoms with Crippen molar-refractivity contribution in [1.82, 2.24) is 16.0 Å². The number of nitrogens with one attached hydrogen (secondary N) is 3. The third kappa shape index (κ3) is 8.88. The van der Waals surface area contributed by atoms with Crippen LogP contribution in [0.5, 0.6) is 0 Å². The Morgan fingerprint density at radius 3 is 2.27 bits per heavy atom. The summed E-state index contributed by atoms with van der Waals surface area (Å²) >= 11 is 0. The summed E-state index contributed by atoms with van der Waals surface area (Å²) in [6.45, 7) is 12.1. The van der Waals surface area contributed by atoms with E-state index in [-0.39, 0.29) is 18.9 Å². The zero-order valence-corrected chi connectivity index (χ0v) is 25.0. The smallest absolute Gasteiger partial charge is 0.408 e. The van der Waals surface area contributed by atoms with Gasteiger partial charge in [0.1, 0.15) is 23.8 Å².